The highest BCUT2D eigenvalue weighted by atomic mass is 16.1. The standard InChI is InChI=1S/C16H25NO/c1-10(2)14(17)15(18)13-9-12(16(4,5)6)8-7-11(13)3/h7-10,14H,17H2,1-6H3. The van der Waals surface area contributed by atoms with Crippen LogP contribution in [-0.2, 0) is 5.41 Å². The number of nitrogens with two attached hydrogens (primary N) is 1. The second-order valence-electron chi connectivity index (χ2n) is 6.41. The van der Waals surface area contributed by atoms with E-state index >= 15 is 0 Å². The van der Waals surface area contributed by atoms with E-state index in [9.17, 15) is 4.79 Å². The number of aryl methyl sites for hydroxylation is 1. The highest BCUT2D eigenvalue weighted by Gasteiger charge is 2.22. The molecule has 0 fully saturated rings. The van der Waals surface area contributed by atoms with Crippen molar-refractivity contribution in [2.45, 2.75) is 53.0 Å². The minimum atomic E-state index is -0.418. The summed E-state index contributed by atoms with van der Waals surface area (Å²) in [5.41, 5.74) is 8.96. The summed E-state index contributed by atoms with van der Waals surface area (Å²) in [5, 5.41) is 0. The molecule has 1 atom stereocenters. The summed E-state index contributed by atoms with van der Waals surface area (Å²) in [7, 11) is 0. The van der Waals surface area contributed by atoms with E-state index < -0.39 is 6.04 Å². The van der Waals surface area contributed by atoms with E-state index in [1.54, 1.807) is 0 Å². The molecule has 1 aromatic carbocycles. The summed E-state index contributed by atoms with van der Waals surface area (Å²) in [5.74, 6) is 0.212. The van der Waals surface area contributed by atoms with Crippen molar-refractivity contribution in [1.29, 1.82) is 0 Å². The Morgan fingerprint density at radius 2 is 1.78 bits per heavy atom. The van der Waals surface area contributed by atoms with Crippen LogP contribution in [-0.4, -0.2) is 11.8 Å². The van der Waals surface area contributed by atoms with Crippen LogP contribution in [0.25, 0.3) is 0 Å². The Balaban J connectivity index is 3.20. The molecule has 0 aliphatic carbocycles. The van der Waals surface area contributed by atoms with E-state index in [-0.39, 0.29) is 17.1 Å². The molecule has 0 radical (unpaired) electrons. The lowest BCUT2D eigenvalue weighted by atomic mass is 9.83. The average molecular weight is 247 g/mol. The van der Waals surface area contributed by atoms with Gasteiger partial charge in [-0.2, -0.15) is 0 Å². The van der Waals surface area contributed by atoms with Crippen molar-refractivity contribution in [3.05, 3.63) is 34.9 Å². The Morgan fingerprint density at radius 3 is 2.22 bits per heavy atom. The lowest BCUT2D eigenvalue weighted by Gasteiger charge is -2.22. The maximum atomic E-state index is 12.4. The summed E-state index contributed by atoms with van der Waals surface area (Å²) >= 11 is 0. The summed E-state index contributed by atoms with van der Waals surface area (Å²) in [6.07, 6.45) is 0. The first kappa shape index (κ1) is 14.9. The van der Waals surface area contributed by atoms with Crippen molar-refractivity contribution in [1.82, 2.24) is 0 Å². The minimum Gasteiger partial charge on any atom is -0.321 e. The summed E-state index contributed by atoms with van der Waals surface area (Å²) in [4.78, 5) is 12.4. The Morgan fingerprint density at radius 1 is 1.22 bits per heavy atom. The number of rotatable bonds is 3. The third-order valence-corrected chi connectivity index (χ3v) is 3.39. The smallest absolute Gasteiger partial charge is 0.180 e. The average Bonchev–Trinajstić information content (AvgIpc) is 2.26. The van der Waals surface area contributed by atoms with Crippen LogP contribution in [0.3, 0.4) is 0 Å². The van der Waals surface area contributed by atoms with Gasteiger partial charge in [-0.05, 0) is 35.4 Å². The monoisotopic (exact) mass is 247 g/mol. The molecule has 100 valence electrons. The maximum absolute atomic E-state index is 12.4. The number of carbonyl (C=O) groups is 1. The molecular formula is C16H25NO. The molecule has 0 bridgehead atoms. The Kier molecular flexibility index (Phi) is 4.33. The van der Waals surface area contributed by atoms with Gasteiger partial charge in [0.25, 0.3) is 0 Å². The van der Waals surface area contributed by atoms with Crippen LogP contribution < -0.4 is 5.73 Å². The molecule has 0 aliphatic rings. The third-order valence-electron chi connectivity index (χ3n) is 3.39. The number of Topliss-reactive ketones (excluding diaryl/α,β-unsaturated/α-hetero) is 1. The minimum absolute atomic E-state index is 0.0463. The van der Waals surface area contributed by atoms with Gasteiger partial charge in [0.2, 0.25) is 0 Å². The molecule has 0 aromatic heterocycles. The second-order valence-corrected chi connectivity index (χ2v) is 6.41. The van der Waals surface area contributed by atoms with Crippen LogP contribution in [0.5, 0.6) is 0 Å². The van der Waals surface area contributed by atoms with Gasteiger partial charge >= 0.3 is 0 Å². The van der Waals surface area contributed by atoms with Gasteiger partial charge < -0.3 is 5.73 Å². The third kappa shape index (κ3) is 3.20. The second kappa shape index (κ2) is 5.23. The van der Waals surface area contributed by atoms with Crippen molar-refractivity contribution >= 4 is 5.78 Å². The number of hydrogen-bond donors (Lipinski definition) is 1. The highest BCUT2D eigenvalue weighted by Crippen LogP contribution is 2.25. The zero-order valence-electron chi connectivity index (χ0n) is 12.4. The highest BCUT2D eigenvalue weighted by molar-refractivity contribution is 6.01. The van der Waals surface area contributed by atoms with Gasteiger partial charge in [0, 0.05) is 5.56 Å². The predicted octanol–water partition coefficient (Wildman–Crippen LogP) is 3.46. The maximum Gasteiger partial charge on any atom is 0.180 e. The van der Waals surface area contributed by atoms with E-state index in [1.165, 1.54) is 5.56 Å². The molecule has 1 rings (SSSR count). The van der Waals surface area contributed by atoms with Crippen molar-refractivity contribution < 1.29 is 4.79 Å². The lowest BCUT2D eigenvalue weighted by molar-refractivity contribution is 0.0940. The first-order valence-corrected chi connectivity index (χ1v) is 6.55. The van der Waals surface area contributed by atoms with Gasteiger partial charge in [-0.15, -0.1) is 0 Å². The molecule has 0 saturated heterocycles. The Labute approximate surface area is 111 Å². The van der Waals surface area contributed by atoms with Crippen LogP contribution in [0, 0.1) is 12.8 Å². The van der Waals surface area contributed by atoms with E-state index in [2.05, 4.69) is 26.8 Å². The zero-order chi connectivity index (χ0) is 14.1. The van der Waals surface area contributed by atoms with E-state index in [0.717, 1.165) is 11.1 Å². The molecule has 2 nitrogen and oxygen atoms in total. The van der Waals surface area contributed by atoms with Crippen LogP contribution in [0.2, 0.25) is 0 Å². The molecule has 0 aliphatic heterocycles. The van der Waals surface area contributed by atoms with E-state index in [4.69, 9.17) is 5.73 Å². The molecule has 2 heteroatoms. The lowest BCUT2D eigenvalue weighted by Crippen LogP contribution is -2.36. The predicted molar refractivity (Wildman–Crippen MR) is 77.0 cm³/mol. The zero-order valence-corrected chi connectivity index (χ0v) is 12.4. The van der Waals surface area contributed by atoms with Gasteiger partial charge in [-0.25, -0.2) is 0 Å². The molecule has 0 spiro atoms. The van der Waals surface area contributed by atoms with Crippen molar-refractivity contribution in [3.63, 3.8) is 0 Å². The Bertz CT molecular complexity index is 441. The van der Waals surface area contributed by atoms with Crippen molar-refractivity contribution in [2.75, 3.05) is 0 Å². The molecule has 0 saturated carbocycles. The SMILES string of the molecule is Cc1ccc(C(C)(C)C)cc1C(=O)C(N)C(C)C. The topological polar surface area (TPSA) is 43.1 Å². The van der Waals surface area contributed by atoms with Crippen molar-refractivity contribution in [2.24, 2.45) is 11.7 Å². The Hall–Kier alpha value is -1.15. The first-order chi connectivity index (χ1) is 8.14. The van der Waals surface area contributed by atoms with Gasteiger partial charge in [-0.1, -0.05) is 46.8 Å². The number of ketones is 1. The molecule has 1 unspecified atom stereocenters. The number of hydrogen-bond acceptors (Lipinski definition) is 2. The molecule has 0 heterocycles. The summed E-state index contributed by atoms with van der Waals surface area (Å²) < 4.78 is 0. The molecular weight excluding hydrogens is 222 g/mol. The molecule has 2 N–H and O–H groups in total. The van der Waals surface area contributed by atoms with Crippen LogP contribution >= 0.6 is 0 Å². The van der Waals surface area contributed by atoms with Gasteiger partial charge in [0.05, 0.1) is 6.04 Å². The van der Waals surface area contributed by atoms with E-state index in [0.29, 0.717) is 0 Å². The summed E-state index contributed by atoms with van der Waals surface area (Å²) in [6, 6.07) is 5.69. The molecule has 18 heavy (non-hydrogen) atoms. The van der Waals surface area contributed by atoms with Crippen LogP contribution in [0.4, 0.5) is 0 Å². The quantitative estimate of drug-likeness (QED) is 0.831. The van der Waals surface area contributed by atoms with Crippen molar-refractivity contribution in [3.8, 4) is 0 Å². The molecule has 1 aromatic rings. The fraction of sp³-hybridized carbons (Fsp3) is 0.562. The first-order valence-electron chi connectivity index (χ1n) is 6.55. The number of benzene rings is 1. The normalized spacial score (nSPS) is 13.8. The largest absolute Gasteiger partial charge is 0.321 e. The fourth-order valence-electron chi connectivity index (χ4n) is 1.84. The number of carbonyl (C=O) groups excluding carboxylic acids is 1. The summed E-state index contributed by atoms with van der Waals surface area (Å²) in [6.45, 7) is 12.4. The fourth-order valence-corrected chi connectivity index (χ4v) is 1.84. The molecule has 0 amide bonds. The van der Waals surface area contributed by atoms with Crippen LogP contribution in [0.15, 0.2) is 18.2 Å². The van der Waals surface area contributed by atoms with Crippen LogP contribution in [0.1, 0.15) is 56.1 Å². The van der Waals surface area contributed by atoms with E-state index in [1.807, 2.05) is 32.9 Å². The van der Waals surface area contributed by atoms with Gasteiger partial charge in [-0.3, -0.25) is 4.79 Å². The van der Waals surface area contributed by atoms with Gasteiger partial charge in [0.15, 0.2) is 5.78 Å². The van der Waals surface area contributed by atoms with Gasteiger partial charge in [0.1, 0.15) is 0 Å².